The van der Waals surface area contributed by atoms with Crippen molar-refractivity contribution >= 4 is 13.3 Å². The van der Waals surface area contributed by atoms with Crippen molar-refractivity contribution in [1.29, 1.82) is 0 Å². The van der Waals surface area contributed by atoms with E-state index in [0.29, 0.717) is 0 Å². The molecule has 1 rings (SSSR count). The minimum Gasteiger partial charge on any atom is -0.478 e. The summed E-state index contributed by atoms with van der Waals surface area (Å²) < 4.78 is 11.6. The van der Waals surface area contributed by atoms with Gasteiger partial charge in [0.15, 0.2) is 0 Å². The van der Waals surface area contributed by atoms with Crippen LogP contribution >= 0.6 is 7.37 Å². The van der Waals surface area contributed by atoms with E-state index in [9.17, 15) is 14.3 Å². The Balaban J connectivity index is 2.74. The Morgan fingerprint density at radius 3 is 2.41 bits per heavy atom. The Hall–Kier alpha value is -0.600. The van der Waals surface area contributed by atoms with E-state index in [1.54, 1.807) is 13.0 Å². The maximum absolute atomic E-state index is 11.6. The smallest absolute Gasteiger partial charge is 0.331 e. The van der Waals surface area contributed by atoms with Crippen molar-refractivity contribution in [2.45, 2.75) is 39.0 Å². The zero-order valence-corrected chi connectivity index (χ0v) is 11.2. The first kappa shape index (κ1) is 14.5. The molecule has 0 aliphatic heterocycles. The number of carboxylic acid groups (broad SMARTS) is 1. The summed E-state index contributed by atoms with van der Waals surface area (Å²) in [5, 5.41) is 9.06. The van der Waals surface area contributed by atoms with Crippen molar-refractivity contribution in [1.82, 2.24) is 0 Å². The van der Waals surface area contributed by atoms with Crippen LogP contribution in [0.15, 0.2) is 11.6 Å². The van der Waals surface area contributed by atoms with Crippen molar-refractivity contribution in [3.05, 3.63) is 11.6 Å². The summed E-state index contributed by atoms with van der Waals surface area (Å²) in [6.07, 6.45) is 7.09. The first-order valence-corrected chi connectivity index (χ1v) is 8.22. The molecule has 0 heterocycles. The highest BCUT2D eigenvalue weighted by Crippen LogP contribution is 2.42. The number of carbonyl (C=O) groups is 1. The minimum atomic E-state index is -3.30. The zero-order valence-electron chi connectivity index (χ0n) is 10.3. The van der Waals surface area contributed by atoms with E-state index in [1.807, 2.05) is 0 Å². The second kappa shape index (κ2) is 6.36. The van der Waals surface area contributed by atoms with Crippen molar-refractivity contribution in [2.75, 3.05) is 12.3 Å². The molecule has 0 aromatic carbocycles. The third-order valence-corrected chi connectivity index (χ3v) is 5.10. The van der Waals surface area contributed by atoms with Gasteiger partial charge in [-0.25, -0.2) is 4.79 Å². The van der Waals surface area contributed by atoms with Crippen LogP contribution in [0.2, 0.25) is 0 Å². The molecule has 17 heavy (non-hydrogen) atoms. The van der Waals surface area contributed by atoms with E-state index in [4.69, 9.17) is 5.11 Å². The van der Waals surface area contributed by atoms with Crippen LogP contribution in [0.4, 0.5) is 0 Å². The van der Waals surface area contributed by atoms with Gasteiger partial charge in [-0.1, -0.05) is 32.3 Å². The van der Waals surface area contributed by atoms with E-state index in [0.717, 1.165) is 25.7 Å². The summed E-state index contributed by atoms with van der Waals surface area (Å²) in [5.74, 6) is -0.787. The van der Waals surface area contributed by atoms with Crippen molar-refractivity contribution in [3.8, 4) is 0 Å². The molecular formula is C12H21O4P. The molecule has 0 saturated heterocycles. The second-order valence-corrected chi connectivity index (χ2v) is 7.36. The quantitative estimate of drug-likeness (QED) is 0.588. The maximum Gasteiger partial charge on any atom is 0.331 e. The molecule has 0 spiro atoms. The first-order chi connectivity index (χ1) is 7.94. The molecule has 1 fully saturated rings. The van der Waals surface area contributed by atoms with Crippen LogP contribution in [0, 0.1) is 5.92 Å². The van der Waals surface area contributed by atoms with Gasteiger partial charge in [0, 0.05) is 11.7 Å². The van der Waals surface area contributed by atoms with Gasteiger partial charge in [-0.3, -0.25) is 4.57 Å². The topological polar surface area (TPSA) is 74.6 Å². The summed E-state index contributed by atoms with van der Waals surface area (Å²) in [4.78, 5) is 20.6. The average molecular weight is 260 g/mol. The van der Waals surface area contributed by atoms with E-state index < -0.39 is 13.3 Å². The number of carboxylic acids is 1. The summed E-state index contributed by atoms with van der Waals surface area (Å²) in [5.41, 5.74) is 0.115. The summed E-state index contributed by atoms with van der Waals surface area (Å²) >= 11 is 0. The molecule has 0 bridgehead atoms. The lowest BCUT2D eigenvalue weighted by atomic mass is 9.88. The Morgan fingerprint density at radius 1 is 1.35 bits per heavy atom. The van der Waals surface area contributed by atoms with Gasteiger partial charge in [-0.15, -0.1) is 0 Å². The molecule has 5 heteroatoms. The van der Waals surface area contributed by atoms with Gasteiger partial charge in [0.1, 0.15) is 0 Å². The fourth-order valence-corrected chi connectivity index (χ4v) is 3.15. The maximum atomic E-state index is 11.6. The van der Waals surface area contributed by atoms with Gasteiger partial charge in [0.05, 0.1) is 6.16 Å². The Kier molecular flexibility index (Phi) is 5.41. The van der Waals surface area contributed by atoms with Crippen LogP contribution in [0.1, 0.15) is 39.0 Å². The molecule has 98 valence electrons. The second-order valence-electron chi connectivity index (χ2n) is 4.72. The number of aliphatic carboxylic acids is 1. The Bertz CT molecular complexity index is 342. The lowest BCUT2D eigenvalue weighted by Crippen LogP contribution is -2.11. The molecule has 0 radical (unpaired) electrons. The first-order valence-electron chi connectivity index (χ1n) is 6.19. The van der Waals surface area contributed by atoms with Gasteiger partial charge in [0.2, 0.25) is 7.37 Å². The highest BCUT2D eigenvalue weighted by atomic mass is 31.2. The van der Waals surface area contributed by atoms with E-state index in [1.165, 1.54) is 6.42 Å². The fraction of sp³-hybridized carbons (Fsp3) is 0.750. The molecule has 1 aliphatic carbocycles. The molecule has 0 aromatic heterocycles. The predicted molar refractivity (Wildman–Crippen MR) is 67.5 cm³/mol. The number of hydrogen-bond donors (Lipinski definition) is 2. The molecular weight excluding hydrogens is 239 g/mol. The molecule has 0 aromatic rings. The fourth-order valence-electron chi connectivity index (χ4n) is 2.15. The van der Waals surface area contributed by atoms with Crippen LogP contribution in [0.25, 0.3) is 0 Å². The number of allylic oxidation sites excluding steroid dienone is 1. The standard InChI is InChI=1S/C12H21O4P/c1-2-17(15,16)9-11(12(13)14)8-10-6-4-3-5-7-10/h8,10H,2-7,9H2,1H3,(H,13,14)(H,15,16)/b11-8+. The SMILES string of the molecule is CCP(=O)(O)C/C(=C\C1CCCCC1)C(=O)O. The lowest BCUT2D eigenvalue weighted by molar-refractivity contribution is -0.132. The molecule has 1 unspecified atom stereocenters. The zero-order chi connectivity index (χ0) is 12.9. The molecule has 4 nitrogen and oxygen atoms in total. The molecule has 2 N–H and O–H groups in total. The van der Waals surface area contributed by atoms with E-state index in [-0.39, 0.29) is 23.8 Å². The van der Waals surface area contributed by atoms with Crippen LogP contribution in [0.3, 0.4) is 0 Å². The number of rotatable bonds is 5. The van der Waals surface area contributed by atoms with Gasteiger partial charge >= 0.3 is 5.97 Å². The van der Waals surface area contributed by atoms with Crippen LogP contribution in [-0.2, 0) is 9.36 Å². The van der Waals surface area contributed by atoms with Gasteiger partial charge in [0.25, 0.3) is 0 Å². The Morgan fingerprint density at radius 2 is 1.94 bits per heavy atom. The minimum absolute atomic E-state index is 0.115. The summed E-state index contributed by atoms with van der Waals surface area (Å²) in [6, 6.07) is 0. The largest absolute Gasteiger partial charge is 0.478 e. The number of hydrogen-bond acceptors (Lipinski definition) is 2. The lowest BCUT2D eigenvalue weighted by Gasteiger charge is -2.19. The van der Waals surface area contributed by atoms with Crippen LogP contribution in [-0.4, -0.2) is 28.3 Å². The molecule has 1 saturated carbocycles. The average Bonchev–Trinajstić information content (AvgIpc) is 2.29. The van der Waals surface area contributed by atoms with E-state index >= 15 is 0 Å². The van der Waals surface area contributed by atoms with Gasteiger partial charge < -0.3 is 10.00 Å². The predicted octanol–water partition coefficient (Wildman–Crippen LogP) is 2.87. The van der Waals surface area contributed by atoms with Crippen molar-refractivity contribution in [3.63, 3.8) is 0 Å². The monoisotopic (exact) mass is 260 g/mol. The Labute approximate surface area is 102 Å². The molecule has 1 aliphatic rings. The van der Waals surface area contributed by atoms with Crippen molar-refractivity contribution < 1.29 is 19.4 Å². The summed E-state index contributed by atoms with van der Waals surface area (Å²) in [6.45, 7) is 1.61. The highest BCUT2D eigenvalue weighted by molar-refractivity contribution is 7.58. The normalized spacial score (nSPS) is 22.1. The molecule has 1 atom stereocenters. The highest BCUT2D eigenvalue weighted by Gasteiger charge is 2.23. The van der Waals surface area contributed by atoms with Crippen LogP contribution in [0.5, 0.6) is 0 Å². The van der Waals surface area contributed by atoms with Gasteiger partial charge in [-0.05, 0) is 18.8 Å². The summed E-state index contributed by atoms with van der Waals surface area (Å²) in [7, 11) is -3.30. The third-order valence-electron chi connectivity index (χ3n) is 3.27. The van der Waals surface area contributed by atoms with E-state index in [2.05, 4.69) is 0 Å². The molecule has 0 amide bonds. The third kappa shape index (κ3) is 5.05. The van der Waals surface area contributed by atoms with Crippen LogP contribution < -0.4 is 0 Å². The van der Waals surface area contributed by atoms with Gasteiger partial charge in [-0.2, -0.15) is 0 Å². The van der Waals surface area contributed by atoms with Crippen molar-refractivity contribution in [2.24, 2.45) is 5.92 Å².